The summed E-state index contributed by atoms with van der Waals surface area (Å²) < 4.78 is 14.6. The Balaban J connectivity index is 2.10. The van der Waals surface area contributed by atoms with Gasteiger partial charge in [0.1, 0.15) is 0 Å². The van der Waals surface area contributed by atoms with E-state index in [0.29, 0.717) is 5.54 Å². The maximum Gasteiger partial charge on any atom is 0.430 e. The fraction of sp³-hybridized carbons (Fsp3) is 1.00. The maximum atomic E-state index is 6.01. The lowest BCUT2D eigenvalue weighted by Crippen LogP contribution is -2.62. The largest absolute Gasteiger partial charge is 0.430 e. The minimum absolute atomic E-state index is 0.685. The highest BCUT2D eigenvalue weighted by molar-refractivity contribution is 6.66. The van der Waals surface area contributed by atoms with Crippen molar-refractivity contribution in [2.24, 2.45) is 0 Å². The Kier molecular flexibility index (Phi) is 5.03. The van der Waals surface area contributed by atoms with Crippen molar-refractivity contribution in [3.05, 3.63) is 0 Å². The van der Waals surface area contributed by atoms with E-state index in [2.05, 4.69) is 4.57 Å². The van der Waals surface area contributed by atoms with E-state index < -0.39 is 8.72 Å². The molecule has 100 valence electrons. The number of hydrogen-bond donors (Lipinski definition) is 0. The fourth-order valence-corrected chi connectivity index (χ4v) is 7.55. The monoisotopic (exact) mass is 257 g/mol. The minimum atomic E-state index is -2.11. The third-order valence-corrected chi connectivity index (χ3v) is 8.61. The Bertz CT molecular complexity index is 201. The van der Waals surface area contributed by atoms with Crippen LogP contribution in [0.1, 0.15) is 51.4 Å². The molecule has 3 nitrogen and oxygen atoms in total. The second-order valence-corrected chi connectivity index (χ2v) is 8.95. The van der Waals surface area contributed by atoms with Crippen LogP contribution in [-0.4, -0.2) is 40.6 Å². The van der Waals surface area contributed by atoms with Gasteiger partial charge in [-0.2, -0.15) is 0 Å². The molecule has 0 radical (unpaired) electrons. The smallest absolute Gasteiger partial charge is 0.386 e. The minimum Gasteiger partial charge on any atom is -0.386 e. The third-order valence-electron chi connectivity index (χ3n) is 4.50. The average molecular weight is 257 g/mol. The predicted octanol–water partition coefficient (Wildman–Crippen LogP) is 3.04. The first-order valence-electron chi connectivity index (χ1n) is 7.19. The Morgan fingerprint density at radius 2 is 1.35 bits per heavy atom. The molecular weight excluding hydrogens is 230 g/mol. The SMILES string of the molecule is CO[Si](OC)(C1CCCCC1)N1CCCCC1. The van der Waals surface area contributed by atoms with Gasteiger partial charge in [0, 0.05) is 19.8 Å². The number of piperidine rings is 1. The second kappa shape index (κ2) is 6.32. The van der Waals surface area contributed by atoms with Crippen LogP contribution in [0.25, 0.3) is 0 Å². The van der Waals surface area contributed by atoms with Crippen molar-refractivity contribution in [3.63, 3.8) is 0 Å². The zero-order valence-electron chi connectivity index (χ0n) is 11.4. The molecule has 0 atom stereocenters. The van der Waals surface area contributed by atoms with Crippen molar-refractivity contribution in [2.75, 3.05) is 27.3 Å². The van der Waals surface area contributed by atoms with Gasteiger partial charge in [-0.05, 0) is 38.8 Å². The van der Waals surface area contributed by atoms with Crippen LogP contribution >= 0.6 is 0 Å². The van der Waals surface area contributed by atoms with Crippen molar-refractivity contribution in [3.8, 4) is 0 Å². The van der Waals surface area contributed by atoms with Gasteiger partial charge in [0.05, 0.1) is 0 Å². The highest BCUT2D eigenvalue weighted by atomic mass is 28.4. The van der Waals surface area contributed by atoms with Crippen LogP contribution in [0.3, 0.4) is 0 Å². The van der Waals surface area contributed by atoms with Gasteiger partial charge in [-0.25, -0.2) is 0 Å². The zero-order valence-corrected chi connectivity index (χ0v) is 12.4. The molecule has 1 aliphatic heterocycles. The highest BCUT2D eigenvalue weighted by Gasteiger charge is 2.50. The molecule has 0 amide bonds. The molecule has 0 aromatic rings. The first kappa shape index (κ1) is 13.5. The Labute approximate surface area is 107 Å². The van der Waals surface area contributed by atoms with Crippen molar-refractivity contribution in [1.82, 2.24) is 4.57 Å². The van der Waals surface area contributed by atoms with Crippen LogP contribution < -0.4 is 0 Å². The number of hydrogen-bond acceptors (Lipinski definition) is 3. The summed E-state index contributed by atoms with van der Waals surface area (Å²) in [4.78, 5) is 0. The summed E-state index contributed by atoms with van der Waals surface area (Å²) in [6.45, 7) is 2.37. The molecule has 1 saturated heterocycles. The standard InChI is InChI=1S/C13H27NO2Si/c1-15-17(16-2,13-9-5-3-6-10-13)14-11-7-4-8-12-14/h13H,3-12H2,1-2H3. The summed E-state index contributed by atoms with van der Waals surface area (Å²) >= 11 is 0. The van der Waals surface area contributed by atoms with E-state index in [1.807, 2.05) is 14.2 Å². The molecule has 4 heteroatoms. The topological polar surface area (TPSA) is 21.7 Å². The first-order valence-corrected chi connectivity index (χ1v) is 9.03. The molecule has 1 heterocycles. The summed E-state index contributed by atoms with van der Waals surface area (Å²) in [6.07, 6.45) is 10.7. The van der Waals surface area contributed by atoms with Crippen molar-refractivity contribution in [2.45, 2.75) is 56.9 Å². The zero-order chi connectivity index (χ0) is 12.1. The summed E-state index contributed by atoms with van der Waals surface area (Å²) in [5.41, 5.74) is 0.685. The van der Waals surface area contributed by atoms with Crippen molar-refractivity contribution < 1.29 is 8.85 Å². The lowest BCUT2D eigenvalue weighted by Gasteiger charge is -2.45. The Morgan fingerprint density at radius 1 is 0.824 bits per heavy atom. The van der Waals surface area contributed by atoms with Gasteiger partial charge in [0.2, 0.25) is 0 Å². The van der Waals surface area contributed by atoms with Gasteiger partial charge in [-0.1, -0.05) is 25.7 Å². The van der Waals surface area contributed by atoms with E-state index in [1.54, 1.807) is 0 Å². The summed E-state index contributed by atoms with van der Waals surface area (Å²) in [5, 5.41) is 0. The second-order valence-electron chi connectivity index (χ2n) is 5.42. The van der Waals surface area contributed by atoms with E-state index in [1.165, 1.54) is 64.5 Å². The third kappa shape index (κ3) is 2.75. The van der Waals surface area contributed by atoms with E-state index >= 15 is 0 Å². The molecule has 0 spiro atoms. The molecule has 0 N–H and O–H groups in total. The molecule has 0 aromatic carbocycles. The normalized spacial score (nSPS) is 25.1. The maximum absolute atomic E-state index is 6.01. The van der Waals surface area contributed by atoms with E-state index in [-0.39, 0.29) is 0 Å². The van der Waals surface area contributed by atoms with E-state index in [0.717, 1.165) is 0 Å². The fourth-order valence-electron chi connectivity index (χ4n) is 3.61. The summed E-state index contributed by atoms with van der Waals surface area (Å²) in [7, 11) is 1.64. The molecule has 1 saturated carbocycles. The number of nitrogens with zero attached hydrogens (tertiary/aromatic N) is 1. The van der Waals surface area contributed by atoms with Gasteiger partial charge in [-0.15, -0.1) is 0 Å². The van der Waals surface area contributed by atoms with Crippen molar-refractivity contribution >= 4 is 8.72 Å². The molecule has 2 rings (SSSR count). The molecule has 0 unspecified atom stereocenters. The van der Waals surface area contributed by atoms with Gasteiger partial charge >= 0.3 is 8.72 Å². The van der Waals surface area contributed by atoms with Crippen LogP contribution in [0.2, 0.25) is 5.54 Å². The molecule has 2 aliphatic rings. The highest BCUT2D eigenvalue weighted by Crippen LogP contribution is 2.40. The Hall–Kier alpha value is 0.0969. The average Bonchev–Trinajstić information content (AvgIpc) is 2.43. The van der Waals surface area contributed by atoms with Crippen LogP contribution in [0, 0.1) is 0 Å². The molecular formula is C13H27NO2Si. The quantitative estimate of drug-likeness (QED) is 0.723. The molecule has 1 aliphatic carbocycles. The van der Waals surface area contributed by atoms with Crippen molar-refractivity contribution in [1.29, 1.82) is 0 Å². The van der Waals surface area contributed by atoms with E-state index in [9.17, 15) is 0 Å². The van der Waals surface area contributed by atoms with Crippen LogP contribution in [-0.2, 0) is 8.85 Å². The van der Waals surface area contributed by atoms with Gasteiger partial charge in [0.25, 0.3) is 0 Å². The number of rotatable bonds is 4. The van der Waals surface area contributed by atoms with Crippen LogP contribution in [0.5, 0.6) is 0 Å². The van der Waals surface area contributed by atoms with Gasteiger partial charge in [0.15, 0.2) is 0 Å². The predicted molar refractivity (Wildman–Crippen MR) is 72.0 cm³/mol. The lowest BCUT2D eigenvalue weighted by molar-refractivity contribution is 0.130. The molecule has 17 heavy (non-hydrogen) atoms. The van der Waals surface area contributed by atoms with E-state index in [4.69, 9.17) is 8.85 Å². The Morgan fingerprint density at radius 3 is 1.88 bits per heavy atom. The van der Waals surface area contributed by atoms with Gasteiger partial charge < -0.3 is 8.85 Å². The summed E-state index contributed by atoms with van der Waals surface area (Å²) in [6, 6.07) is 0. The van der Waals surface area contributed by atoms with Gasteiger partial charge in [-0.3, -0.25) is 4.57 Å². The lowest BCUT2D eigenvalue weighted by atomic mass is 10.0. The molecule has 2 fully saturated rings. The van der Waals surface area contributed by atoms with Crippen LogP contribution in [0.4, 0.5) is 0 Å². The first-order chi connectivity index (χ1) is 8.33. The van der Waals surface area contributed by atoms with Crippen LogP contribution in [0.15, 0.2) is 0 Å². The molecule has 0 aromatic heterocycles. The summed E-state index contributed by atoms with van der Waals surface area (Å²) in [5.74, 6) is 0. The molecule has 0 bridgehead atoms.